The fourth-order valence-corrected chi connectivity index (χ4v) is 1.60. The molecule has 0 aromatic heterocycles. The first-order valence-corrected chi connectivity index (χ1v) is 6.07. The summed E-state index contributed by atoms with van der Waals surface area (Å²) in [6.07, 6.45) is 0. The van der Waals surface area contributed by atoms with Crippen molar-refractivity contribution in [1.82, 2.24) is 0 Å². The molecule has 1 rings (SSSR count). The Morgan fingerprint density at radius 3 is 2.11 bits per heavy atom. The van der Waals surface area contributed by atoms with Crippen LogP contribution in [0.1, 0.15) is 57.5 Å². The first-order valence-electron chi connectivity index (χ1n) is 6.07. The molecule has 3 heteroatoms. The van der Waals surface area contributed by atoms with Gasteiger partial charge in [0, 0.05) is 5.56 Å². The number of carbonyl (C=O) groups excluding carboxylic acids is 1. The van der Waals surface area contributed by atoms with Crippen molar-refractivity contribution in [3.05, 3.63) is 29.3 Å². The Labute approximate surface area is 109 Å². The highest BCUT2D eigenvalue weighted by atomic mass is 16.6. The fraction of sp³-hybridized carbons (Fsp3) is 0.533. The molecule has 0 bridgehead atoms. The van der Waals surface area contributed by atoms with E-state index >= 15 is 0 Å². The molecule has 100 valence electrons. The Kier molecular flexibility index (Phi) is 3.75. The van der Waals surface area contributed by atoms with E-state index in [0.717, 1.165) is 5.56 Å². The number of rotatable bonds is 1. The second-order valence-electron chi connectivity index (χ2n) is 6.48. The molecular formula is C15H22O3. The average Bonchev–Trinajstić information content (AvgIpc) is 2.13. The summed E-state index contributed by atoms with van der Waals surface area (Å²) in [5.41, 5.74) is 0.470. The second-order valence-corrected chi connectivity index (χ2v) is 6.48. The summed E-state index contributed by atoms with van der Waals surface area (Å²) in [7, 11) is 0. The normalized spacial score (nSPS) is 12.3. The number of phenolic OH excluding ortho intramolecular Hbond substituents is 1. The van der Waals surface area contributed by atoms with Gasteiger partial charge in [-0.2, -0.15) is 0 Å². The predicted octanol–water partition coefficient (Wildman–Crippen LogP) is 3.65. The summed E-state index contributed by atoms with van der Waals surface area (Å²) in [5.74, 6) is -0.164. The third kappa shape index (κ3) is 3.76. The van der Waals surface area contributed by atoms with E-state index in [1.807, 2.05) is 41.5 Å². The molecule has 0 unspecified atom stereocenters. The monoisotopic (exact) mass is 250 g/mol. The maximum atomic E-state index is 11.9. The summed E-state index contributed by atoms with van der Waals surface area (Å²) in [6, 6.07) is 4.82. The number of hydrogen-bond acceptors (Lipinski definition) is 3. The van der Waals surface area contributed by atoms with Crippen molar-refractivity contribution in [2.24, 2.45) is 0 Å². The van der Waals surface area contributed by atoms with E-state index in [0.29, 0.717) is 5.56 Å². The minimum Gasteiger partial charge on any atom is -0.508 e. The van der Waals surface area contributed by atoms with Crippen molar-refractivity contribution < 1.29 is 14.6 Å². The van der Waals surface area contributed by atoms with Crippen LogP contribution < -0.4 is 0 Å². The van der Waals surface area contributed by atoms with Crippen LogP contribution in [0, 0.1) is 0 Å². The molecule has 0 amide bonds. The lowest BCUT2D eigenvalue weighted by molar-refractivity contribution is 0.00694. The van der Waals surface area contributed by atoms with Gasteiger partial charge in [-0.25, -0.2) is 4.79 Å². The van der Waals surface area contributed by atoms with E-state index < -0.39 is 5.60 Å². The summed E-state index contributed by atoms with van der Waals surface area (Å²) in [6.45, 7) is 11.4. The van der Waals surface area contributed by atoms with Gasteiger partial charge in [0.1, 0.15) is 11.4 Å². The van der Waals surface area contributed by atoms with Crippen LogP contribution in [-0.2, 0) is 10.2 Å². The van der Waals surface area contributed by atoms with Gasteiger partial charge in [-0.1, -0.05) is 20.8 Å². The Balaban J connectivity index is 3.10. The SMILES string of the molecule is CC(C)(C)OC(=O)c1ccc(O)c(C(C)(C)C)c1. The number of esters is 1. The van der Waals surface area contributed by atoms with Crippen molar-refractivity contribution in [2.45, 2.75) is 52.6 Å². The Bertz CT molecular complexity index is 448. The topological polar surface area (TPSA) is 46.5 Å². The number of carbonyl (C=O) groups is 1. The molecule has 1 aromatic carbocycles. The van der Waals surface area contributed by atoms with Gasteiger partial charge in [0.25, 0.3) is 0 Å². The van der Waals surface area contributed by atoms with Crippen LogP contribution in [0.5, 0.6) is 5.75 Å². The standard InChI is InChI=1S/C15H22O3/c1-14(2,3)11-9-10(7-8-12(11)16)13(17)18-15(4,5)6/h7-9,16H,1-6H3. The number of ether oxygens (including phenoxy) is 1. The smallest absolute Gasteiger partial charge is 0.338 e. The highest BCUT2D eigenvalue weighted by Crippen LogP contribution is 2.31. The summed E-state index contributed by atoms with van der Waals surface area (Å²) < 4.78 is 5.31. The molecule has 0 heterocycles. The lowest BCUT2D eigenvalue weighted by Crippen LogP contribution is -2.24. The zero-order valence-electron chi connectivity index (χ0n) is 12.0. The molecule has 1 N–H and O–H groups in total. The molecule has 0 atom stereocenters. The summed E-state index contributed by atoms with van der Waals surface area (Å²) >= 11 is 0. The van der Waals surface area contributed by atoms with E-state index in [-0.39, 0.29) is 17.1 Å². The number of benzene rings is 1. The molecule has 1 aromatic rings. The fourth-order valence-electron chi connectivity index (χ4n) is 1.60. The van der Waals surface area contributed by atoms with Gasteiger partial charge < -0.3 is 9.84 Å². The molecule has 0 spiro atoms. The molecule has 0 radical (unpaired) electrons. The van der Waals surface area contributed by atoms with Crippen molar-refractivity contribution in [3.8, 4) is 5.75 Å². The van der Waals surface area contributed by atoms with Crippen molar-refractivity contribution in [3.63, 3.8) is 0 Å². The predicted molar refractivity (Wildman–Crippen MR) is 72.0 cm³/mol. The van der Waals surface area contributed by atoms with Gasteiger partial charge in [-0.05, 0) is 44.4 Å². The van der Waals surface area contributed by atoms with Crippen LogP contribution in [-0.4, -0.2) is 16.7 Å². The zero-order valence-corrected chi connectivity index (χ0v) is 12.0. The maximum Gasteiger partial charge on any atom is 0.338 e. The molecule has 0 aliphatic heterocycles. The van der Waals surface area contributed by atoms with E-state index in [1.165, 1.54) is 0 Å². The molecular weight excluding hydrogens is 228 g/mol. The lowest BCUT2D eigenvalue weighted by Gasteiger charge is -2.23. The molecule has 18 heavy (non-hydrogen) atoms. The van der Waals surface area contributed by atoms with Crippen LogP contribution in [0.25, 0.3) is 0 Å². The highest BCUT2D eigenvalue weighted by molar-refractivity contribution is 5.90. The molecule has 0 aliphatic carbocycles. The summed E-state index contributed by atoms with van der Waals surface area (Å²) in [4.78, 5) is 11.9. The number of phenols is 1. The van der Waals surface area contributed by atoms with Gasteiger partial charge in [0.15, 0.2) is 0 Å². The van der Waals surface area contributed by atoms with Crippen LogP contribution in [0.2, 0.25) is 0 Å². The first-order chi connectivity index (χ1) is 8.00. The average molecular weight is 250 g/mol. The molecule has 3 nitrogen and oxygen atoms in total. The van der Waals surface area contributed by atoms with Gasteiger partial charge >= 0.3 is 5.97 Å². The second kappa shape index (κ2) is 4.63. The Hall–Kier alpha value is -1.51. The Morgan fingerprint density at radius 1 is 1.11 bits per heavy atom. The van der Waals surface area contributed by atoms with Crippen LogP contribution in [0.4, 0.5) is 0 Å². The highest BCUT2D eigenvalue weighted by Gasteiger charge is 2.22. The van der Waals surface area contributed by atoms with Gasteiger partial charge in [0.05, 0.1) is 5.56 Å². The molecule has 0 aliphatic rings. The zero-order chi connectivity index (χ0) is 14.1. The third-order valence-electron chi connectivity index (χ3n) is 2.44. The van der Waals surface area contributed by atoms with E-state index in [2.05, 4.69) is 0 Å². The van der Waals surface area contributed by atoms with Gasteiger partial charge in [-0.3, -0.25) is 0 Å². The lowest BCUT2D eigenvalue weighted by atomic mass is 9.85. The van der Waals surface area contributed by atoms with Gasteiger partial charge in [-0.15, -0.1) is 0 Å². The van der Waals surface area contributed by atoms with E-state index in [4.69, 9.17) is 4.74 Å². The van der Waals surface area contributed by atoms with Crippen LogP contribution in [0.3, 0.4) is 0 Å². The summed E-state index contributed by atoms with van der Waals surface area (Å²) in [5, 5.41) is 9.83. The van der Waals surface area contributed by atoms with Crippen LogP contribution >= 0.6 is 0 Å². The third-order valence-corrected chi connectivity index (χ3v) is 2.44. The molecule has 0 fully saturated rings. The number of hydrogen-bond donors (Lipinski definition) is 1. The quantitative estimate of drug-likeness (QED) is 0.774. The van der Waals surface area contributed by atoms with E-state index in [1.54, 1.807) is 18.2 Å². The van der Waals surface area contributed by atoms with Crippen molar-refractivity contribution >= 4 is 5.97 Å². The van der Waals surface area contributed by atoms with Crippen LogP contribution in [0.15, 0.2) is 18.2 Å². The van der Waals surface area contributed by atoms with Gasteiger partial charge in [0.2, 0.25) is 0 Å². The maximum absolute atomic E-state index is 11.9. The minimum absolute atomic E-state index is 0.204. The van der Waals surface area contributed by atoms with Crippen molar-refractivity contribution in [1.29, 1.82) is 0 Å². The Morgan fingerprint density at radius 2 is 1.67 bits per heavy atom. The number of aromatic hydroxyl groups is 1. The van der Waals surface area contributed by atoms with Crippen molar-refractivity contribution in [2.75, 3.05) is 0 Å². The largest absolute Gasteiger partial charge is 0.508 e. The molecule has 0 saturated heterocycles. The first kappa shape index (κ1) is 14.6. The van der Waals surface area contributed by atoms with E-state index in [9.17, 15) is 9.90 Å². The molecule has 0 saturated carbocycles. The minimum atomic E-state index is -0.517.